The molecule has 1 saturated heterocycles. The topological polar surface area (TPSA) is 66.6 Å². The Labute approximate surface area is 166 Å². The van der Waals surface area contributed by atoms with Crippen LogP contribution in [0, 0.1) is 13.8 Å². The van der Waals surface area contributed by atoms with E-state index in [1.165, 1.54) is 11.2 Å². The molecule has 0 aliphatic carbocycles. The summed E-state index contributed by atoms with van der Waals surface area (Å²) in [6.45, 7) is 8.02. The monoisotopic (exact) mass is 404 g/mol. The van der Waals surface area contributed by atoms with Crippen LogP contribution in [0.1, 0.15) is 21.8 Å². The molecule has 0 spiro atoms. The van der Waals surface area contributed by atoms with Gasteiger partial charge >= 0.3 is 0 Å². The lowest BCUT2D eigenvalue weighted by atomic mass is 10.1. The van der Waals surface area contributed by atoms with E-state index >= 15 is 0 Å². The molecule has 0 atom stereocenters. The highest BCUT2D eigenvalue weighted by Crippen LogP contribution is 2.23. The van der Waals surface area contributed by atoms with E-state index in [1.807, 2.05) is 24.8 Å². The van der Waals surface area contributed by atoms with E-state index in [1.54, 1.807) is 15.9 Å². The van der Waals surface area contributed by atoms with Gasteiger partial charge in [0.05, 0.1) is 10.8 Å². The second-order valence-electron chi connectivity index (χ2n) is 6.77. The smallest absolute Gasteiger partial charge is 0.252 e. The molecule has 1 aliphatic rings. The van der Waals surface area contributed by atoms with Gasteiger partial charge in [-0.2, -0.15) is 10.1 Å². The zero-order valence-electron chi connectivity index (χ0n) is 15.4. The van der Waals surface area contributed by atoms with E-state index in [9.17, 15) is 4.79 Å². The van der Waals surface area contributed by atoms with E-state index in [4.69, 9.17) is 11.6 Å². The van der Waals surface area contributed by atoms with Crippen LogP contribution in [0.3, 0.4) is 0 Å². The highest BCUT2D eigenvalue weighted by Gasteiger charge is 2.23. The van der Waals surface area contributed by atoms with E-state index in [-0.39, 0.29) is 5.91 Å². The Balaban J connectivity index is 1.38. The van der Waals surface area contributed by atoms with Gasteiger partial charge in [0, 0.05) is 54.6 Å². The summed E-state index contributed by atoms with van der Waals surface area (Å²) in [6.07, 6.45) is 1.83. The van der Waals surface area contributed by atoms with Gasteiger partial charge in [-0.3, -0.25) is 9.69 Å². The van der Waals surface area contributed by atoms with Gasteiger partial charge in [0.15, 0.2) is 0 Å². The first-order chi connectivity index (χ1) is 13.0. The molecule has 4 rings (SSSR count). The molecule has 0 aromatic carbocycles. The van der Waals surface area contributed by atoms with Crippen LogP contribution >= 0.6 is 22.9 Å². The average Bonchev–Trinajstić information content (AvgIpc) is 3.28. The number of hydrogen-bond donors (Lipinski definition) is 0. The SMILES string of the molecule is Cc1nc2ncnn2c(C)c1CC(=O)N1CCN(Cc2ccc(Cl)s2)CC1. The van der Waals surface area contributed by atoms with Crippen molar-refractivity contribution in [3.05, 3.63) is 44.6 Å². The third kappa shape index (κ3) is 3.83. The van der Waals surface area contributed by atoms with Crippen LogP contribution in [0.25, 0.3) is 5.78 Å². The van der Waals surface area contributed by atoms with Gasteiger partial charge in [-0.05, 0) is 26.0 Å². The number of piperazine rings is 1. The zero-order valence-corrected chi connectivity index (χ0v) is 16.9. The molecule has 3 aromatic rings. The van der Waals surface area contributed by atoms with Crippen LogP contribution in [0.15, 0.2) is 18.5 Å². The molecule has 0 bridgehead atoms. The highest BCUT2D eigenvalue weighted by molar-refractivity contribution is 7.16. The number of fused-ring (bicyclic) bond motifs is 1. The van der Waals surface area contributed by atoms with E-state index in [0.717, 1.165) is 54.0 Å². The Morgan fingerprint density at radius 3 is 2.70 bits per heavy atom. The molecule has 3 aromatic heterocycles. The minimum Gasteiger partial charge on any atom is -0.340 e. The van der Waals surface area contributed by atoms with E-state index in [2.05, 4.69) is 26.0 Å². The van der Waals surface area contributed by atoms with Crippen LogP contribution < -0.4 is 0 Å². The van der Waals surface area contributed by atoms with Crippen LogP contribution in [0.5, 0.6) is 0 Å². The molecule has 1 fully saturated rings. The molecule has 1 aliphatic heterocycles. The fraction of sp³-hybridized carbons (Fsp3) is 0.444. The number of carbonyl (C=O) groups excluding carboxylic acids is 1. The maximum absolute atomic E-state index is 12.8. The third-order valence-corrected chi connectivity index (χ3v) is 6.27. The third-order valence-electron chi connectivity index (χ3n) is 5.05. The average molecular weight is 405 g/mol. The van der Waals surface area contributed by atoms with Gasteiger partial charge in [0.25, 0.3) is 5.78 Å². The van der Waals surface area contributed by atoms with Crippen molar-refractivity contribution in [1.29, 1.82) is 0 Å². The van der Waals surface area contributed by atoms with E-state index < -0.39 is 0 Å². The maximum Gasteiger partial charge on any atom is 0.252 e. The molecule has 9 heteroatoms. The first-order valence-electron chi connectivity index (χ1n) is 8.91. The molecule has 0 saturated carbocycles. The van der Waals surface area contributed by atoms with Gasteiger partial charge < -0.3 is 4.90 Å². The number of thiophene rings is 1. The summed E-state index contributed by atoms with van der Waals surface area (Å²) in [4.78, 5) is 27.0. The van der Waals surface area contributed by atoms with Crippen molar-refractivity contribution >= 4 is 34.6 Å². The molecular weight excluding hydrogens is 384 g/mol. The molecule has 0 unspecified atom stereocenters. The van der Waals surface area contributed by atoms with Crippen LogP contribution in [-0.2, 0) is 17.8 Å². The molecule has 4 heterocycles. The maximum atomic E-state index is 12.8. The summed E-state index contributed by atoms with van der Waals surface area (Å²) < 4.78 is 2.52. The van der Waals surface area contributed by atoms with Gasteiger partial charge in [0.2, 0.25) is 5.91 Å². The lowest BCUT2D eigenvalue weighted by molar-refractivity contribution is -0.132. The quantitative estimate of drug-likeness (QED) is 0.667. The fourth-order valence-corrected chi connectivity index (χ4v) is 4.62. The Bertz CT molecular complexity index is 976. The summed E-state index contributed by atoms with van der Waals surface area (Å²) >= 11 is 7.62. The Morgan fingerprint density at radius 2 is 2.00 bits per heavy atom. The summed E-state index contributed by atoms with van der Waals surface area (Å²) in [7, 11) is 0. The molecule has 142 valence electrons. The molecule has 0 N–H and O–H groups in total. The minimum atomic E-state index is 0.140. The lowest BCUT2D eigenvalue weighted by Crippen LogP contribution is -2.48. The number of halogens is 1. The van der Waals surface area contributed by atoms with Crippen molar-refractivity contribution < 1.29 is 4.79 Å². The van der Waals surface area contributed by atoms with Crippen molar-refractivity contribution in [3.8, 4) is 0 Å². The van der Waals surface area contributed by atoms with Gasteiger partial charge in [-0.15, -0.1) is 11.3 Å². The number of aryl methyl sites for hydroxylation is 2. The summed E-state index contributed by atoms with van der Waals surface area (Å²) in [5.74, 6) is 0.713. The minimum absolute atomic E-state index is 0.140. The summed E-state index contributed by atoms with van der Waals surface area (Å²) in [6, 6.07) is 4.01. The zero-order chi connectivity index (χ0) is 19.0. The van der Waals surface area contributed by atoms with Crippen LogP contribution in [0.2, 0.25) is 4.34 Å². The normalized spacial score (nSPS) is 15.6. The van der Waals surface area contributed by atoms with Crippen molar-refractivity contribution in [2.24, 2.45) is 0 Å². The summed E-state index contributed by atoms with van der Waals surface area (Å²) in [5.41, 5.74) is 2.71. The first kappa shape index (κ1) is 18.3. The number of hydrogen-bond acceptors (Lipinski definition) is 6. The number of rotatable bonds is 4. The molecular formula is C18H21ClN6OS. The molecule has 27 heavy (non-hydrogen) atoms. The predicted octanol–water partition coefficient (Wildman–Crippen LogP) is 2.34. The fourth-order valence-electron chi connectivity index (χ4n) is 3.49. The second-order valence-corrected chi connectivity index (χ2v) is 8.57. The molecule has 1 amide bonds. The molecule has 7 nitrogen and oxygen atoms in total. The van der Waals surface area contributed by atoms with Crippen molar-refractivity contribution in [1.82, 2.24) is 29.4 Å². The second kappa shape index (κ2) is 7.53. The van der Waals surface area contributed by atoms with E-state index in [0.29, 0.717) is 12.2 Å². The van der Waals surface area contributed by atoms with Gasteiger partial charge in [-0.25, -0.2) is 9.50 Å². The Morgan fingerprint density at radius 1 is 1.22 bits per heavy atom. The van der Waals surface area contributed by atoms with Gasteiger partial charge in [-0.1, -0.05) is 11.6 Å². The first-order valence-corrected chi connectivity index (χ1v) is 10.1. The predicted molar refractivity (Wildman–Crippen MR) is 105 cm³/mol. The lowest BCUT2D eigenvalue weighted by Gasteiger charge is -2.34. The molecule has 0 radical (unpaired) electrons. The van der Waals surface area contributed by atoms with Crippen molar-refractivity contribution in [3.63, 3.8) is 0 Å². The standard InChI is InChI=1S/C18H21ClN6OS/c1-12-15(13(2)25-18(22-12)20-11-21-25)9-17(26)24-7-5-23(6-8-24)10-14-3-4-16(19)27-14/h3-4,11H,5-10H2,1-2H3. The summed E-state index contributed by atoms with van der Waals surface area (Å²) in [5, 5.41) is 4.19. The Kier molecular flexibility index (Phi) is 5.12. The van der Waals surface area contributed by atoms with Crippen molar-refractivity contribution in [2.75, 3.05) is 26.2 Å². The Hall–Kier alpha value is -2.03. The number of nitrogens with zero attached hydrogens (tertiary/aromatic N) is 6. The van der Waals surface area contributed by atoms with Gasteiger partial charge in [0.1, 0.15) is 6.33 Å². The number of amides is 1. The number of carbonyl (C=O) groups is 1. The largest absolute Gasteiger partial charge is 0.340 e. The number of aromatic nitrogens is 4. The van der Waals surface area contributed by atoms with Crippen LogP contribution in [-0.4, -0.2) is 61.5 Å². The highest BCUT2D eigenvalue weighted by atomic mass is 35.5. The van der Waals surface area contributed by atoms with Crippen LogP contribution in [0.4, 0.5) is 0 Å². The van der Waals surface area contributed by atoms with Crippen molar-refractivity contribution in [2.45, 2.75) is 26.8 Å².